The molecule has 1 aromatic carbocycles. The van der Waals surface area contributed by atoms with Crippen molar-refractivity contribution in [2.45, 2.75) is 52.2 Å². The number of alkyl carbamates (subject to hydrolysis) is 1. The standard InChI is InChI=1S/C16H22N4O3/c1-11(18-15(22)23-16(2,3)4)13-8-5-12(6-9-13)7-10-14(21)19-20-17/h5-6,8-9,11H,7,10H2,1-4H3,(H,18,22). The Labute approximate surface area is 135 Å². The first kappa shape index (κ1) is 18.5. The Morgan fingerprint density at radius 2 is 1.91 bits per heavy atom. The van der Waals surface area contributed by atoms with Gasteiger partial charge in [0.1, 0.15) is 5.60 Å². The van der Waals surface area contributed by atoms with Crippen molar-refractivity contribution in [3.05, 3.63) is 45.8 Å². The molecule has 2 amide bonds. The van der Waals surface area contributed by atoms with Crippen LogP contribution in [0.2, 0.25) is 0 Å². The van der Waals surface area contributed by atoms with E-state index in [1.165, 1.54) is 0 Å². The SMILES string of the molecule is CC(NC(=O)OC(C)(C)C)c1ccc(CCC(=O)N=[N+]=[N-])cc1. The number of benzene rings is 1. The summed E-state index contributed by atoms with van der Waals surface area (Å²) < 4.78 is 5.21. The molecule has 1 aromatic rings. The fraction of sp³-hybridized carbons (Fsp3) is 0.500. The van der Waals surface area contributed by atoms with E-state index in [1.807, 2.05) is 52.0 Å². The first-order valence-corrected chi connectivity index (χ1v) is 7.37. The molecule has 0 bridgehead atoms. The second-order valence-electron chi connectivity index (χ2n) is 6.19. The van der Waals surface area contributed by atoms with Gasteiger partial charge in [0.05, 0.1) is 6.04 Å². The summed E-state index contributed by atoms with van der Waals surface area (Å²) in [7, 11) is 0. The van der Waals surface area contributed by atoms with Crippen LogP contribution in [0.25, 0.3) is 10.4 Å². The molecule has 0 heterocycles. The number of carbonyl (C=O) groups is 2. The molecular formula is C16H22N4O3. The fourth-order valence-electron chi connectivity index (χ4n) is 1.89. The largest absolute Gasteiger partial charge is 0.444 e. The summed E-state index contributed by atoms with van der Waals surface area (Å²) in [6, 6.07) is 7.34. The van der Waals surface area contributed by atoms with Gasteiger partial charge in [0.2, 0.25) is 5.91 Å². The van der Waals surface area contributed by atoms with E-state index in [4.69, 9.17) is 10.3 Å². The summed E-state index contributed by atoms with van der Waals surface area (Å²) in [5.41, 5.74) is 9.52. The maximum absolute atomic E-state index is 11.7. The van der Waals surface area contributed by atoms with E-state index in [0.717, 1.165) is 11.1 Å². The predicted molar refractivity (Wildman–Crippen MR) is 86.7 cm³/mol. The van der Waals surface area contributed by atoms with Crippen molar-refractivity contribution >= 4 is 12.0 Å². The first-order chi connectivity index (χ1) is 10.7. The number of aryl methyl sites for hydroxylation is 1. The maximum Gasteiger partial charge on any atom is 0.408 e. The molecule has 0 aliphatic heterocycles. The van der Waals surface area contributed by atoms with Crippen LogP contribution in [0, 0.1) is 0 Å². The normalized spacial score (nSPS) is 12.0. The number of rotatable bonds is 5. The van der Waals surface area contributed by atoms with Crippen LogP contribution in [0.3, 0.4) is 0 Å². The van der Waals surface area contributed by atoms with Gasteiger partial charge >= 0.3 is 6.09 Å². The third kappa shape index (κ3) is 7.33. The van der Waals surface area contributed by atoms with E-state index < -0.39 is 17.6 Å². The molecule has 0 saturated heterocycles. The lowest BCUT2D eigenvalue weighted by molar-refractivity contribution is -0.117. The van der Waals surface area contributed by atoms with Crippen LogP contribution in [-0.2, 0) is 16.0 Å². The molecule has 23 heavy (non-hydrogen) atoms. The highest BCUT2D eigenvalue weighted by atomic mass is 16.6. The number of nitrogens with zero attached hydrogens (tertiary/aromatic N) is 3. The van der Waals surface area contributed by atoms with Crippen LogP contribution in [-0.4, -0.2) is 17.6 Å². The van der Waals surface area contributed by atoms with Crippen molar-refractivity contribution < 1.29 is 14.3 Å². The summed E-state index contributed by atoms with van der Waals surface area (Å²) in [6.45, 7) is 7.29. The number of ether oxygens (including phenoxy) is 1. The van der Waals surface area contributed by atoms with Crippen molar-refractivity contribution in [3.8, 4) is 0 Å². The number of carbonyl (C=O) groups excluding carboxylic acids is 2. The van der Waals surface area contributed by atoms with Crippen molar-refractivity contribution in [1.82, 2.24) is 5.32 Å². The summed E-state index contributed by atoms with van der Waals surface area (Å²) in [4.78, 5) is 25.3. The molecule has 0 fully saturated rings. The van der Waals surface area contributed by atoms with Crippen LogP contribution in [0.5, 0.6) is 0 Å². The van der Waals surface area contributed by atoms with E-state index in [-0.39, 0.29) is 12.5 Å². The van der Waals surface area contributed by atoms with Gasteiger partial charge in [0.25, 0.3) is 0 Å². The fourth-order valence-corrected chi connectivity index (χ4v) is 1.89. The van der Waals surface area contributed by atoms with Crippen molar-refractivity contribution in [1.29, 1.82) is 0 Å². The van der Waals surface area contributed by atoms with E-state index in [9.17, 15) is 9.59 Å². The zero-order valence-corrected chi connectivity index (χ0v) is 13.9. The molecule has 1 atom stereocenters. The molecule has 7 heteroatoms. The van der Waals surface area contributed by atoms with Gasteiger partial charge in [-0.05, 0) is 55.9 Å². The Morgan fingerprint density at radius 1 is 1.30 bits per heavy atom. The first-order valence-electron chi connectivity index (χ1n) is 7.37. The quantitative estimate of drug-likeness (QED) is 0.503. The lowest BCUT2D eigenvalue weighted by Crippen LogP contribution is -2.34. The maximum atomic E-state index is 11.7. The summed E-state index contributed by atoms with van der Waals surface area (Å²) in [6.07, 6.45) is 0.218. The molecule has 1 rings (SSSR count). The number of hydrogen-bond donors (Lipinski definition) is 1. The molecular weight excluding hydrogens is 296 g/mol. The molecule has 0 aliphatic rings. The zero-order chi connectivity index (χ0) is 17.5. The number of nitrogens with one attached hydrogen (secondary N) is 1. The Bertz CT molecular complexity index is 599. The monoisotopic (exact) mass is 318 g/mol. The molecule has 7 nitrogen and oxygen atoms in total. The van der Waals surface area contributed by atoms with Crippen LogP contribution in [0.1, 0.15) is 51.3 Å². The molecule has 124 valence electrons. The Kier molecular flexibility index (Phi) is 6.60. The Morgan fingerprint density at radius 3 is 2.43 bits per heavy atom. The van der Waals surface area contributed by atoms with Gasteiger partial charge in [0.15, 0.2) is 0 Å². The lowest BCUT2D eigenvalue weighted by Gasteiger charge is -2.22. The van der Waals surface area contributed by atoms with Crippen LogP contribution >= 0.6 is 0 Å². The number of amides is 2. The predicted octanol–water partition coefficient (Wildman–Crippen LogP) is 4.04. The van der Waals surface area contributed by atoms with Gasteiger partial charge in [-0.15, -0.1) is 0 Å². The molecule has 1 N–H and O–H groups in total. The van der Waals surface area contributed by atoms with E-state index in [1.54, 1.807) is 0 Å². The Hall–Kier alpha value is -2.53. The van der Waals surface area contributed by atoms with Gasteiger partial charge in [-0.25, -0.2) is 4.79 Å². The minimum absolute atomic E-state index is 0.176. The minimum atomic E-state index is -0.536. The average Bonchev–Trinajstić information content (AvgIpc) is 2.44. The summed E-state index contributed by atoms with van der Waals surface area (Å²) in [5, 5.41) is 5.80. The summed E-state index contributed by atoms with van der Waals surface area (Å²) >= 11 is 0. The smallest absolute Gasteiger partial charge is 0.408 e. The highest BCUT2D eigenvalue weighted by Gasteiger charge is 2.18. The minimum Gasteiger partial charge on any atom is -0.444 e. The molecule has 0 radical (unpaired) electrons. The van der Waals surface area contributed by atoms with Crippen LogP contribution < -0.4 is 5.32 Å². The van der Waals surface area contributed by atoms with Crippen molar-refractivity contribution in [3.63, 3.8) is 0 Å². The van der Waals surface area contributed by atoms with Gasteiger partial charge in [-0.1, -0.05) is 24.3 Å². The zero-order valence-electron chi connectivity index (χ0n) is 13.9. The summed E-state index contributed by atoms with van der Waals surface area (Å²) in [5.74, 6) is -0.475. The van der Waals surface area contributed by atoms with E-state index in [2.05, 4.69) is 15.3 Å². The molecule has 0 aromatic heterocycles. The van der Waals surface area contributed by atoms with Gasteiger partial charge in [-0.3, -0.25) is 4.79 Å². The van der Waals surface area contributed by atoms with Gasteiger partial charge < -0.3 is 10.1 Å². The average molecular weight is 318 g/mol. The number of hydrogen-bond acceptors (Lipinski definition) is 3. The topological polar surface area (TPSA) is 104 Å². The third-order valence-corrected chi connectivity index (χ3v) is 3.00. The molecule has 0 saturated carbocycles. The second kappa shape index (κ2) is 8.19. The van der Waals surface area contributed by atoms with Crippen LogP contribution in [0.4, 0.5) is 4.79 Å². The molecule has 0 aliphatic carbocycles. The Balaban J connectivity index is 2.57. The third-order valence-electron chi connectivity index (χ3n) is 3.00. The molecule has 1 unspecified atom stereocenters. The van der Waals surface area contributed by atoms with Crippen molar-refractivity contribution in [2.75, 3.05) is 0 Å². The van der Waals surface area contributed by atoms with E-state index in [0.29, 0.717) is 6.42 Å². The molecule has 0 spiro atoms. The van der Waals surface area contributed by atoms with Crippen molar-refractivity contribution in [2.24, 2.45) is 5.11 Å². The second-order valence-corrected chi connectivity index (χ2v) is 6.19. The highest BCUT2D eigenvalue weighted by molar-refractivity contribution is 5.76. The highest BCUT2D eigenvalue weighted by Crippen LogP contribution is 2.16. The lowest BCUT2D eigenvalue weighted by atomic mass is 10.0. The van der Waals surface area contributed by atoms with Gasteiger partial charge in [-0.2, -0.15) is 0 Å². The van der Waals surface area contributed by atoms with Gasteiger partial charge in [0, 0.05) is 11.3 Å². The number of azide groups is 1. The van der Waals surface area contributed by atoms with E-state index >= 15 is 0 Å². The van der Waals surface area contributed by atoms with Crippen LogP contribution in [0.15, 0.2) is 29.4 Å².